The van der Waals surface area contributed by atoms with Gasteiger partial charge in [-0.05, 0) is 37.3 Å². The number of nitrogens with one attached hydrogen (secondary N) is 1. The number of anilines is 2. The van der Waals surface area contributed by atoms with Crippen LogP contribution in [0.25, 0.3) is 0 Å². The van der Waals surface area contributed by atoms with Crippen molar-refractivity contribution in [3.8, 4) is 11.5 Å². The zero-order chi connectivity index (χ0) is 21.3. The van der Waals surface area contributed by atoms with Crippen molar-refractivity contribution in [2.75, 3.05) is 17.0 Å². The minimum atomic E-state index is -1.08. The number of nitrogens with zero attached hydrogens (tertiary/aromatic N) is 1. The van der Waals surface area contributed by atoms with E-state index in [-0.39, 0.29) is 37.0 Å². The van der Waals surface area contributed by atoms with Crippen molar-refractivity contribution in [2.45, 2.75) is 25.9 Å². The normalized spacial score (nSPS) is 15.8. The van der Waals surface area contributed by atoms with Crippen LogP contribution in [-0.4, -0.2) is 36.6 Å². The third-order valence-electron chi connectivity index (χ3n) is 4.68. The van der Waals surface area contributed by atoms with E-state index in [1.54, 1.807) is 30.3 Å². The highest BCUT2D eigenvalue weighted by atomic mass is 16.7. The molecule has 0 radical (unpaired) electrons. The summed E-state index contributed by atoms with van der Waals surface area (Å²) in [7, 11) is 0. The van der Waals surface area contributed by atoms with Gasteiger partial charge >= 0.3 is 5.97 Å². The summed E-state index contributed by atoms with van der Waals surface area (Å²) in [5, 5.41) is 2.65. The number of carbonyl (C=O) groups excluding carboxylic acids is 4. The van der Waals surface area contributed by atoms with E-state index in [0.29, 0.717) is 22.9 Å². The van der Waals surface area contributed by atoms with E-state index >= 15 is 0 Å². The summed E-state index contributed by atoms with van der Waals surface area (Å²) in [6, 6.07) is 10.9. The first-order valence-electron chi connectivity index (χ1n) is 9.30. The number of imide groups is 1. The molecule has 2 aromatic carbocycles. The number of hydrogen-bond acceptors (Lipinski definition) is 7. The van der Waals surface area contributed by atoms with Crippen molar-refractivity contribution >= 4 is 35.1 Å². The highest BCUT2D eigenvalue weighted by molar-refractivity contribution is 6.20. The highest BCUT2D eigenvalue weighted by Crippen LogP contribution is 2.34. The van der Waals surface area contributed by atoms with Gasteiger partial charge in [0.15, 0.2) is 17.6 Å². The third-order valence-corrected chi connectivity index (χ3v) is 4.68. The number of carbonyl (C=O) groups is 4. The number of esters is 1. The van der Waals surface area contributed by atoms with Gasteiger partial charge in [-0.15, -0.1) is 0 Å². The Morgan fingerprint density at radius 3 is 2.53 bits per heavy atom. The van der Waals surface area contributed by atoms with Gasteiger partial charge in [0.05, 0.1) is 11.3 Å². The minimum Gasteiger partial charge on any atom is -0.454 e. The number of fused-ring (bicyclic) bond motifs is 1. The third kappa shape index (κ3) is 3.82. The summed E-state index contributed by atoms with van der Waals surface area (Å²) in [5.41, 5.74) is 0.900. The minimum absolute atomic E-state index is 0.119. The molecule has 9 nitrogen and oxygen atoms in total. The maximum Gasteiger partial charge on any atom is 0.338 e. The van der Waals surface area contributed by atoms with Crippen LogP contribution in [-0.2, 0) is 19.1 Å². The molecule has 0 unspecified atom stereocenters. The summed E-state index contributed by atoms with van der Waals surface area (Å²) < 4.78 is 15.7. The van der Waals surface area contributed by atoms with Crippen LogP contribution in [0, 0.1) is 0 Å². The van der Waals surface area contributed by atoms with E-state index in [0.717, 1.165) is 4.90 Å². The standard InChI is InChI=1S/C21H18N2O7/c1-12(20(26)22-14-5-6-16-17(10-14)29-11-28-16)30-21(27)13-3-2-4-15(9-13)23-18(24)7-8-19(23)25/h2-6,9-10,12H,7-8,11H2,1H3,(H,22,26)/t12-/m0/s1. The zero-order valence-corrected chi connectivity index (χ0v) is 16.0. The fraction of sp³-hybridized carbons (Fsp3) is 0.238. The molecule has 3 amide bonds. The molecule has 1 atom stereocenters. The molecule has 2 aliphatic heterocycles. The van der Waals surface area contributed by atoms with Gasteiger partial charge in [-0.2, -0.15) is 0 Å². The first kappa shape index (κ1) is 19.4. The van der Waals surface area contributed by atoms with Crippen molar-refractivity contribution in [1.29, 1.82) is 0 Å². The number of rotatable bonds is 5. The second kappa shape index (κ2) is 7.86. The summed E-state index contributed by atoms with van der Waals surface area (Å²) in [5.74, 6) is -0.806. The van der Waals surface area contributed by atoms with Crippen molar-refractivity contribution in [3.05, 3.63) is 48.0 Å². The predicted octanol–water partition coefficient (Wildman–Crippen LogP) is 2.25. The summed E-state index contributed by atoms with van der Waals surface area (Å²) >= 11 is 0. The van der Waals surface area contributed by atoms with Gasteiger partial charge in [0.25, 0.3) is 5.91 Å². The highest BCUT2D eigenvalue weighted by Gasteiger charge is 2.31. The summed E-state index contributed by atoms with van der Waals surface area (Å²) in [6.07, 6.45) is -0.795. The maximum absolute atomic E-state index is 12.5. The molecule has 1 fully saturated rings. The second-order valence-electron chi connectivity index (χ2n) is 6.78. The van der Waals surface area contributed by atoms with Crippen LogP contribution in [0.5, 0.6) is 11.5 Å². The molecule has 0 aromatic heterocycles. The van der Waals surface area contributed by atoms with Crippen molar-refractivity contribution < 1.29 is 33.4 Å². The average Bonchev–Trinajstić information content (AvgIpc) is 3.33. The van der Waals surface area contributed by atoms with Crippen molar-refractivity contribution in [1.82, 2.24) is 0 Å². The van der Waals surface area contributed by atoms with Crippen molar-refractivity contribution in [3.63, 3.8) is 0 Å². The molecule has 154 valence electrons. The Bertz CT molecular complexity index is 1030. The molecule has 30 heavy (non-hydrogen) atoms. The molecule has 1 N–H and O–H groups in total. The van der Waals surface area contributed by atoms with Gasteiger partial charge in [0.1, 0.15) is 0 Å². The Labute approximate surface area is 171 Å². The first-order chi connectivity index (χ1) is 14.4. The average molecular weight is 410 g/mol. The molecule has 1 saturated heterocycles. The van der Waals surface area contributed by atoms with Crippen LogP contribution < -0.4 is 19.7 Å². The molecule has 4 rings (SSSR count). The molecule has 0 aliphatic carbocycles. The molecular weight excluding hydrogens is 392 g/mol. The maximum atomic E-state index is 12.5. The Balaban J connectivity index is 1.41. The van der Waals surface area contributed by atoms with Crippen LogP contribution in [0.1, 0.15) is 30.1 Å². The van der Waals surface area contributed by atoms with E-state index < -0.39 is 18.0 Å². The van der Waals surface area contributed by atoms with Gasteiger partial charge in [-0.1, -0.05) is 6.07 Å². The van der Waals surface area contributed by atoms with Gasteiger partial charge in [0, 0.05) is 24.6 Å². The van der Waals surface area contributed by atoms with Crippen molar-refractivity contribution in [2.24, 2.45) is 0 Å². The van der Waals surface area contributed by atoms with Gasteiger partial charge in [0.2, 0.25) is 18.6 Å². The van der Waals surface area contributed by atoms with Gasteiger partial charge < -0.3 is 19.5 Å². The van der Waals surface area contributed by atoms with Crippen LogP contribution in [0.15, 0.2) is 42.5 Å². The Hall–Kier alpha value is -3.88. The van der Waals surface area contributed by atoms with E-state index in [1.807, 2.05) is 0 Å². The number of benzene rings is 2. The van der Waals surface area contributed by atoms with E-state index in [1.165, 1.54) is 19.1 Å². The van der Waals surface area contributed by atoms with E-state index in [2.05, 4.69) is 5.32 Å². The van der Waals surface area contributed by atoms with Crippen LogP contribution in [0.2, 0.25) is 0 Å². The molecular formula is C21H18N2O7. The Morgan fingerprint density at radius 1 is 1.03 bits per heavy atom. The molecule has 0 saturated carbocycles. The lowest BCUT2D eigenvalue weighted by Crippen LogP contribution is -2.30. The lowest BCUT2D eigenvalue weighted by molar-refractivity contribution is -0.124. The van der Waals surface area contributed by atoms with Gasteiger partial charge in [-0.3, -0.25) is 19.3 Å². The fourth-order valence-electron chi connectivity index (χ4n) is 3.14. The number of hydrogen-bond donors (Lipinski definition) is 1. The quantitative estimate of drug-likeness (QED) is 0.594. The summed E-state index contributed by atoms with van der Waals surface area (Å²) in [4.78, 5) is 49.7. The second-order valence-corrected chi connectivity index (χ2v) is 6.78. The smallest absolute Gasteiger partial charge is 0.338 e. The summed E-state index contributed by atoms with van der Waals surface area (Å²) in [6.45, 7) is 1.56. The van der Waals surface area contributed by atoms with Crippen LogP contribution in [0.4, 0.5) is 11.4 Å². The zero-order valence-electron chi connectivity index (χ0n) is 16.0. The molecule has 2 aliphatic rings. The van der Waals surface area contributed by atoms with Gasteiger partial charge in [-0.25, -0.2) is 4.79 Å². The fourth-order valence-corrected chi connectivity index (χ4v) is 3.14. The van der Waals surface area contributed by atoms with Crippen LogP contribution >= 0.6 is 0 Å². The lowest BCUT2D eigenvalue weighted by Gasteiger charge is -2.16. The van der Waals surface area contributed by atoms with E-state index in [9.17, 15) is 19.2 Å². The number of amides is 3. The Morgan fingerprint density at radius 2 is 1.77 bits per heavy atom. The Kier molecular flexibility index (Phi) is 5.09. The van der Waals surface area contributed by atoms with Crippen LogP contribution in [0.3, 0.4) is 0 Å². The van der Waals surface area contributed by atoms with E-state index in [4.69, 9.17) is 14.2 Å². The lowest BCUT2D eigenvalue weighted by atomic mass is 10.2. The number of ether oxygens (including phenoxy) is 3. The predicted molar refractivity (Wildman–Crippen MR) is 104 cm³/mol. The monoisotopic (exact) mass is 410 g/mol. The molecule has 0 spiro atoms. The first-order valence-corrected chi connectivity index (χ1v) is 9.30. The SMILES string of the molecule is C[C@H](OC(=O)c1cccc(N2C(=O)CCC2=O)c1)C(=O)Nc1ccc2c(c1)OCO2. The topological polar surface area (TPSA) is 111 Å². The largest absolute Gasteiger partial charge is 0.454 e. The molecule has 0 bridgehead atoms. The molecule has 2 aromatic rings. The molecule has 9 heteroatoms. The molecule has 2 heterocycles.